The van der Waals surface area contributed by atoms with Crippen LogP contribution in [-0.2, 0) is 9.59 Å². The Kier molecular flexibility index (Phi) is 9.13. The molecule has 3 saturated heterocycles. The van der Waals surface area contributed by atoms with E-state index in [1.807, 2.05) is 9.80 Å². The second-order valence-corrected chi connectivity index (χ2v) is 7.64. The molecule has 0 aromatic heterocycles. The molecule has 0 saturated carbocycles. The highest BCUT2D eigenvalue weighted by Crippen LogP contribution is 2.25. The summed E-state index contributed by atoms with van der Waals surface area (Å²) >= 11 is 0. The third-order valence-corrected chi connectivity index (χ3v) is 6.22. The fraction of sp³-hybridized carbons (Fsp3) is 0.889. The van der Waals surface area contributed by atoms with E-state index in [4.69, 9.17) is 0 Å². The highest BCUT2D eigenvalue weighted by Gasteiger charge is 2.40. The minimum absolute atomic E-state index is 0. The number of piperazine rings is 1. The first-order valence-electron chi connectivity index (χ1n) is 9.57. The summed E-state index contributed by atoms with van der Waals surface area (Å²) in [5.74, 6) is 0.180. The Morgan fingerprint density at radius 2 is 1.96 bits per heavy atom. The number of halogens is 2. The minimum Gasteiger partial charge on any atom is -0.340 e. The van der Waals surface area contributed by atoms with Gasteiger partial charge >= 0.3 is 0 Å². The zero-order chi connectivity index (χ0) is 17.3. The van der Waals surface area contributed by atoms with Crippen molar-refractivity contribution in [1.82, 2.24) is 20.0 Å². The van der Waals surface area contributed by atoms with Crippen molar-refractivity contribution in [2.75, 3.05) is 39.3 Å². The van der Waals surface area contributed by atoms with E-state index in [-0.39, 0.29) is 48.6 Å². The molecule has 0 aliphatic carbocycles. The van der Waals surface area contributed by atoms with Crippen LogP contribution in [0.5, 0.6) is 0 Å². The Balaban J connectivity index is 0.00000169. The molecule has 0 bridgehead atoms. The van der Waals surface area contributed by atoms with Gasteiger partial charge in [0.1, 0.15) is 0 Å². The molecular weight excluding hydrogens is 375 g/mol. The summed E-state index contributed by atoms with van der Waals surface area (Å²) in [6.07, 6.45) is 2.78. The summed E-state index contributed by atoms with van der Waals surface area (Å²) in [7, 11) is 0. The van der Waals surface area contributed by atoms with E-state index in [0.29, 0.717) is 25.0 Å². The van der Waals surface area contributed by atoms with E-state index in [2.05, 4.69) is 31.0 Å². The Morgan fingerprint density at radius 3 is 2.65 bits per heavy atom. The van der Waals surface area contributed by atoms with Gasteiger partial charge in [0.25, 0.3) is 0 Å². The highest BCUT2D eigenvalue weighted by atomic mass is 35.5. The van der Waals surface area contributed by atoms with Crippen molar-refractivity contribution in [3.8, 4) is 0 Å². The number of likely N-dealkylation sites (N-methyl/N-ethyl adjacent to an activating group) is 1. The first kappa shape index (κ1) is 23.5. The van der Waals surface area contributed by atoms with Crippen LogP contribution in [-0.4, -0.2) is 83.9 Å². The number of likely N-dealkylation sites (tertiary alicyclic amines) is 2. The number of amides is 2. The predicted octanol–water partition coefficient (Wildman–Crippen LogP) is 1.37. The van der Waals surface area contributed by atoms with Gasteiger partial charge in [-0.3, -0.25) is 14.5 Å². The maximum atomic E-state index is 12.9. The van der Waals surface area contributed by atoms with Crippen molar-refractivity contribution in [2.24, 2.45) is 5.92 Å². The molecule has 4 atom stereocenters. The van der Waals surface area contributed by atoms with Crippen molar-refractivity contribution in [3.63, 3.8) is 0 Å². The molecule has 3 rings (SSSR count). The average Bonchev–Trinajstić information content (AvgIpc) is 3.16. The third kappa shape index (κ3) is 4.83. The van der Waals surface area contributed by atoms with Crippen LogP contribution < -0.4 is 5.32 Å². The number of nitrogens with zero attached hydrogens (tertiary/aromatic N) is 3. The van der Waals surface area contributed by atoms with E-state index in [9.17, 15) is 9.59 Å². The van der Waals surface area contributed by atoms with Gasteiger partial charge in [-0.15, -0.1) is 24.8 Å². The lowest BCUT2D eigenvalue weighted by Crippen LogP contribution is -2.58. The molecule has 0 aromatic rings. The topological polar surface area (TPSA) is 55.9 Å². The van der Waals surface area contributed by atoms with E-state index in [1.165, 1.54) is 12.8 Å². The van der Waals surface area contributed by atoms with E-state index >= 15 is 0 Å². The molecule has 3 aliphatic rings. The van der Waals surface area contributed by atoms with Crippen molar-refractivity contribution in [1.29, 1.82) is 0 Å². The molecule has 0 radical (unpaired) electrons. The zero-order valence-electron chi connectivity index (χ0n) is 16.1. The number of carbonyl (C=O) groups excluding carboxylic acids is 2. The highest BCUT2D eigenvalue weighted by molar-refractivity contribution is 5.89. The van der Waals surface area contributed by atoms with Gasteiger partial charge in [0.15, 0.2) is 0 Å². The molecule has 26 heavy (non-hydrogen) atoms. The molecule has 2 amide bonds. The molecule has 8 heteroatoms. The summed E-state index contributed by atoms with van der Waals surface area (Å²) in [5.41, 5.74) is 0. The number of hydrogen-bond donors (Lipinski definition) is 1. The lowest BCUT2D eigenvalue weighted by Gasteiger charge is -2.39. The molecule has 0 aromatic carbocycles. The standard InChI is InChI=1S/C18H32N4O2.2ClH/c1-4-20-8-5-6-16(20)12-21-11-15(10-17(21)23)18(24)22-9-7-19-13(2)14(22)3;;/h13-16,19H,4-12H2,1-3H3;2*1H. The largest absolute Gasteiger partial charge is 0.340 e. The van der Waals surface area contributed by atoms with Crippen LogP contribution in [0.3, 0.4) is 0 Å². The molecule has 1 N–H and O–H groups in total. The van der Waals surface area contributed by atoms with Crippen molar-refractivity contribution >= 4 is 36.6 Å². The van der Waals surface area contributed by atoms with Gasteiger partial charge in [-0.2, -0.15) is 0 Å². The molecular formula is C18H34Cl2N4O2. The van der Waals surface area contributed by atoms with Gasteiger partial charge in [-0.25, -0.2) is 0 Å². The van der Waals surface area contributed by atoms with Crippen LogP contribution >= 0.6 is 24.8 Å². The van der Waals surface area contributed by atoms with E-state index in [0.717, 1.165) is 32.7 Å². The van der Waals surface area contributed by atoms with Crippen LogP contribution in [0.1, 0.15) is 40.0 Å². The lowest BCUT2D eigenvalue weighted by atomic mass is 10.0. The van der Waals surface area contributed by atoms with E-state index in [1.54, 1.807) is 0 Å². The first-order valence-corrected chi connectivity index (χ1v) is 9.57. The summed E-state index contributed by atoms with van der Waals surface area (Å²) in [6.45, 7) is 11.6. The SMILES string of the molecule is CCN1CCCC1CN1CC(C(=O)N2CCNC(C)C2C)CC1=O.Cl.Cl. The molecule has 152 valence electrons. The average molecular weight is 409 g/mol. The van der Waals surface area contributed by atoms with Gasteiger partial charge in [0, 0.05) is 50.7 Å². The molecule has 3 aliphatic heterocycles. The number of nitrogens with one attached hydrogen (secondary N) is 1. The third-order valence-electron chi connectivity index (χ3n) is 6.22. The quantitative estimate of drug-likeness (QED) is 0.762. The fourth-order valence-electron chi connectivity index (χ4n) is 4.49. The minimum atomic E-state index is -0.151. The van der Waals surface area contributed by atoms with Gasteiger partial charge < -0.3 is 15.1 Å². The molecule has 3 heterocycles. The van der Waals surface area contributed by atoms with Crippen molar-refractivity contribution < 1.29 is 9.59 Å². The number of hydrogen-bond acceptors (Lipinski definition) is 4. The maximum Gasteiger partial charge on any atom is 0.228 e. The lowest BCUT2D eigenvalue weighted by molar-refractivity contribution is -0.139. The van der Waals surface area contributed by atoms with Gasteiger partial charge in [-0.1, -0.05) is 6.92 Å². The predicted molar refractivity (Wildman–Crippen MR) is 108 cm³/mol. The Labute approximate surface area is 169 Å². The summed E-state index contributed by atoms with van der Waals surface area (Å²) in [6, 6.07) is 0.985. The smallest absolute Gasteiger partial charge is 0.228 e. The van der Waals surface area contributed by atoms with Gasteiger partial charge in [0.2, 0.25) is 11.8 Å². The van der Waals surface area contributed by atoms with Gasteiger partial charge in [-0.05, 0) is 39.8 Å². The summed E-state index contributed by atoms with van der Waals surface area (Å²) in [4.78, 5) is 31.7. The maximum absolute atomic E-state index is 12.9. The zero-order valence-corrected chi connectivity index (χ0v) is 17.8. The molecule has 0 spiro atoms. The molecule has 6 nitrogen and oxygen atoms in total. The molecule has 4 unspecified atom stereocenters. The van der Waals surface area contributed by atoms with Gasteiger partial charge in [0.05, 0.1) is 5.92 Å². The summed E-state index contributed by atoms with van der Waals surface area (Å²) in [5, 5.41) is 3.41. The first-order chi connectivity index (χ1) is 11.5. The Morgan fingerprint density at radius 1 is 1.23 bits per heavy atom. The number of carbonyl (C=O) groups is 2. The number of rotatable bonds is 4. The monoisotopic (exact) mass is 408 g/mol. The van der Waals surface area contributed by atoms with Crippen LogP contribution in [0, 0.1) is 5.92 Å². The second-order valence-electron chi connectivity index (χ2n) is 7.64. The normalized spacial score (nSPS) is 32.3. The van der Waals surface area contributed by atoms with Crippen molar-refractivity contribution in [3.05, 3.63) is 0 Å². The fourth-order valence-corrected chi connectivity index (χ4v) is 4.49. The Bertz CT molecular complexity index is 494. The molecule has 3 fully saturated rings. The Hall–Kier alpha value is -0.560. The van der Waals surface area contributed by atoms with E-state index < -0.39 is 0 Å². The van der Waals surface area contributed by atoms with Crippen LogP contribution in [0.25, 0.3) is 0 Å². The van der Waals surface area contributed by atoms with Crippen LogP contribution in [0.4, 0.5) is 0 Å². The van der Waals surface area contributed by atoms with Crippen LogP contribution in [0.2, 0.25) is 0 Å². The second kappa shape index (κ2) is 10.1. The van der Waals surface area contributed by atoms with Crippen molar-refractivity contribution in [2.45, 2.75) is 58.2 Å². The summed E-state index contributed by atoms with van der Waals surface area (Å²) < 4.78 is 0. The van der Waals surface area contributed by atoms with Crippen LogP contribution in [0.15, 0.2) is 0 Å².